The van der Waals surface area contributed by atoms with Crippen molar-refractivity contribution in [1.82, 2.24) is 0 Å². The molecule has 0 aromatic carbocycles. The van der Waals surface area contributed by atoms with Crippen molar-refractivity contribution in [2.24, 2.45) is 11.7 Å². The van der Waals surface area contributed by atoms with Gasteiger partial charge >= 0.3 is 5.97 Å². The second-order valence-corrected chi connectivity index (χ2v) is 3.57. The minimum Gasteiger partial charge on any atom is -0.479 e. The highest BCUT2D eigenvalue weighted by Gasteiger charge is 2.29. The highest BCUT2D eigenvalue weighted by molar-refractivity contribution is 5.72. The Hall–Kier alpha value is -0.650. The largest absolute Gasteiger partial charge is 0.479 e. The molecule has 5 N–H and O–H groups in total. The van der Waals surface area contributed by atoms with Gasteiger partial charge in [-0.1, -0.05) is 13.8 Å². The van der Waals surface area contributed by atoms with E-state index >= 15 is 0 Å². The van der Waals surface area contributed by atoms with E-state index < -0.39 is 24.2 Å². The van der Waals surface area contributed by atoms with Gasteiger partial charge in [-0.2, -0.15) is 0 Å². The maximum atomic E-state index is 10.3. The summed E-state index contributed by atoms with van der Waals surface area (Å²) in [5.41, 5.74) is 5.48. The fraction of sp³-hybridized carbons (Fsp3) is 0.875. The molecule has 5 nitrogen and oxygen atoms in total. The Morgan fingerprint density at radius 1 is 1.38 bits per heavy atom. The van der Waals surface area contributed by atoms with Crippen LogP contribution in [-0.4, -0.2) is 39.5 Å². The van der Waals surface area contributed by atoms with Gasteiger partial charge in [-0.05, 0) is 12.3 Å². The predicted octanol–water partition coefficient (Wildman–Crippen LogP) is -0.834. The van der Waals surface area contributed by atoms with Crippen molar-refractivity contribution in [3.8, 4) is 0 Å². The van der Waals surface area contributed by atoms with E-state index in [2.05, 4.69) is 0 Å². The summed E-state index contributed by atoms with van der Waals surface area (Å²) < 4.78 is 0. The molecule has 13 heavy (non-hydrogen) atoms. The van der Waals surface area contributed by atoms with Crippen LogP contribution in [0.15, 0.2) is 0 Å². The average Bonchev–Trinajstić information content (AvgIpc) is 2.00. The Morgan fingerprint density at radius 3 is 2.15 bits per heavy atom. The van der Waals surface area contributed by atoms with E-state index in [0.29, 0.717) is 6.42 Å². The number of carbonyl (C=O) groups is 1. The van der Waals surface area contributed by atoms with Crippen molar-refractivity contribution in [2.75, 3.05) is 0 Å². The van der Waals surface area contributed by atoms with Crippen LogP contribution in [0.5, 0.6) is 0 Å². The first-order valence-corrected chi connectivity index (χ1v) is 4.20. The molecule has 78 valence electrons. The van der Waals surface area contributed by atoms with E-state index in [9.17, 15) is 9.90 Å². The van der Waals surface area contributed by atoms with Crippen LogP contribution in [0.25, 0.3) is 0 Å². The summed E-state index contributed by atoms with van der Waals surface area (Å²) in [6, 6.07) is -0.703. The quantitative estimate of drug-likeness (QED) is 0.454. The molecular formula is C8H17NO4. The molecule has 0 aliphatic rings. The summed E-state index contributed by atoms with van der Waals surface area (Å²) >= 11 is 0. The van der Waals surface area contributed by atoms with Gasteiger partial charge in [-0.3, -0.25) is 0 Å². The Bertz CT molecular complexity index is 172. The summed E-state index contributed by atoms with van der Waals surface area (Å²) in [7, 11) is 0. The molecule has 0 saturated heterocycles. The van der Waals surface area contributed by atoms with Crippen LogP contribution in [0.3, 0.4) is 0 Å². The van der Waals surface area contributed by atoms with Crippen LogP contribution in [0.4, 0.5) is 0 Å². The first-order valence-electron chi connectivity index (χ1n) is 4.20. The van der Waals surface area contributed by atoms with Crippen LogP contribution < -0.4 is 5.73 Å². The van der Waals surface area contributed by atoms with Crippen molar-refractivity contribution in [1.29, 1.82) is 0 Å². The highest BCUT2D eigenvalue weighted by atomic mass is 16.4. The molecule has 0 aromatic rings. The average molecular weight is 191 g/mol. The van der Waals surface area contributed by atoms with Crippen LogP contribution >= 0.6 is 0 Å². The number of rotatable bonds is 5. The van der Waals surface area contributed by atoms with Gasteiger partial charge in [-0.25, -0.2) is 4.79 Å². The molecule has 0 amide bonds. The van der Waals surface area contributed by atoms with Gasteiger partial charge in [0.15, 0.2) is 6.10 Å². The zero-order valence-corrected chi connectivity index (χ0v) is 7.84. The SMILES string of the molecule is CC(C)C[C@H](N)[C@H](O)[C@@H](O)C(=O)O. The standard InChI is InChI=1S/C8H17NO4/c1-4(2)3-5(9)6(10)7(11)8(12)13/h4-7,10-11H,3,9H2,1-2H3,(H,12,13)/t5-,6-,7+/m0/s1. The second kappa shape index (κ2) is 5.16. The Kier molecular flexibility index (Phi) is 4.90. The second-order valence-electron chi connectivity index (χ2n) is 3.57. The lowest BCUT2D eigenvalue weighted by Gasteiger charge is -2.22. The minimum atomic E-state index is -1.80. The van der Waals surface area contributed by atoms with E-state index in [-0.39, 0.29) is 5.92 Å². The summed E-state index contributed by atoms with van der Waals surface area (Å²) in [5, 5.41) is 26.6. The molecule has 0 fully saturated rings. The molecule has 0 spiro atoms. The lowest BCUT2D eigenvalue weighted by Crippen LogP contribution is -2.47. The first kappa shape index (κ1) is 12.3. The number of aliphatic hydroxyl groups excluding tert-OH is 2. The molecule has 0 saturated carbocycles. The number of aliphatic hydroxyl groups is 2. The van der Waals surface area contributed by atoms with E-state index in [0.717, 1.165) is 0 Å². The Labute approximate surface area is 77.2 Å². The van der Waals surface area contributed by atoms with Crippen LogP contribution in [-0.2, 0) is 4.79 Å². The number of carboxylic acid groups (broad SMARTS) is 1. The number of hydrogen-bond acceptors (Lipinski definition) is 4. The summed E-state index contributed by atoms with van der Waals surface area (Å²) in [4.78, 5) is 10.3. The van der Waals surface area contributed by atoms with Crippen LogP contribution in [0.1, 0.15) is 20.3 Å². The van der Waals surface area contributed by atoms with Gasteiger partial charge < -0.3 is 21.1 Å². The molecular weight excluding hydrogens is 174 g/mol. The number of aliphatic carboxylic acids is 1. The number of hydrogen-bond donors (Lipinski definition) is 4. The molecule has 0 unspecified atom stereocenters. The molecule has 0 radical (unpaired) electrons. The van der Waals surface area contributed by atoms with E-state index in [1.54, 1.807) is 0 Å². The van der Waals surface area contributed by atoms with E-state index in [4.69, 9.17) is 15.9 Å². The van der Waals surface area contributed by atoms with Gasteiger partial charge in [0.1, 0.15) is 6.10 Å². The Morgan fingerprint density at radius 2 is 1.85 bits per heavy atom. The molecule has 0 aliphatic heterocycles. The molecule has 0 heterocycles. The first-order chi connectivity index (χ1) is 5.86. The lowest BCUT2D eigenvalue weighted by molar-refractivity contribution is -0.153. The van der Waals surface area contributed by atoms with E-state index in [1.807, 2.05) is 13.8 Å². The van der Waals surface area contributed by atoms with Crippen LogP contribution in [0, 0.1) is 5.92 Å². The lowest BCUT2D eigenvalue weighted by atomic mass is 9.97. The number of carboxylic acids is 1. The monoisotopic (exact) mass is 191 g/mol. The molecule has 0 aromatic heterocycles. The topological polar surface area (TPSA) is 104 Å². The van der Waals surface area contributed by atoms with Crippen LogP contribution in [0.2, 0.25) is 0 Å². The fourth-order valence-electron chi connectivity index (χ4n) is 1.06. The Balaban J connectivity index is 4.08. The highest BCUT2D eigenvalue weighted by Crippen LogP contribution is 2.08. The van der Waals surface area contributed by atoms with Crippen molar-refractivity contribution in [3.05, 3.63) is 0 Å². The zero-order chi connectivity index (χ0) is 10.6. The van der Waals surface area contributed by atoms with Gasteiger partial charge in [0.05, 0.1) is 0 Å². The van der Waals surface area contributed by atoms with Gasteiger partial charge in [0.25, 0.3) is 0 Å². The van der Waals surface area contributed by atoms with Gasteiger partial charge in [0, 0.05) is 6.04 Å². The normalized spacial score (nSPS) is 18.3. The van der Waals surface area contributed by atoms with Crippen molar-refractivity contribution in [3.63, 3.8) is 0 Å². The maximum Gasteiger partial charge on any atom is 0.335 e. The minimum absolute atomic E-state index is 0.255. The summed E-state index contributed by atoms with van der Waals surface area (Å²) in [6.45, 7) is 3.81. The maximum absolute atomic E-state index is 10.3. The van der Waals surface area contributed by atoms with E-state index in [1.165, 1.54) is 0 Å². The predicted molar refractivity (Wildman–Crippen MR) is 47.1 cm³/mol. The smallest absolute Gasteiger partial charge is 0.335 e. The third kappa shape index (κ3) is 4.21. The van der Waals surface area contributed by atoms with Crippen molar-refractivity contribution >= 4 is 5.97 Å². The molecule has 0 aliphatic carbocycles. The molecule has 5 heteroatoms. The van der Waals surface area contributed by atoms with Crippen molar-refractivity contribution in [2.45, 2.75) is 38.5 Å². The third-order valence-corrected chi connectivity index (χ3v) is 1.76. The van der Waals surface area contributed by atoms with Gasteiger partial charge in [0.2, 0.25) is 0 Å². The molecule has 3 atom stereocenters. The summed E-state index contributed by atoms with van der Waals surface area (Å²) in [6.07, 6.45) is -2.72. The number of nitrogens with two attached hydrogens (primary N) is 1. The summed E-state index contributed by atoms with van der Waals surface area (Å²) in [5.74, 6) is -1.20. The van der Waals surface area contributed by atoms with Crippen molar-refractivity contribution < 1.29 is 20.1 Å². The van der Waals surface area contributed by atoms with Gasteiger partial charge in [-0.15, -0.1) is 0 Å². The fourth-order valence-corrected chi connectivity index (χ4v) is 1.06. The molecule has 0 rings (SSSR count). The third-order valence-electron chi connectivity index (χ3n) is 1.76. The zero-order valence-electron chi connectivity index (χ0n) is 7.84. The molecule has 0 bridgehead atoms.